The second kappa shape index (κ2) is 7.73. The third-order valence-corrected chi connectivity index (χ3v) is 7.95. The molecule has 2 saturated carbocycles. The van der Waals surface area contributed by atoms with E-state index in [-0.39, 0.29) is 23.9 Å². The lowest BCUT2D eigenvalue weighted by Gasteiger charge is -2.40. The van der Waals surface area contributed by atoms with E-state index in [0.29, 0.717) is 5.92 Å². The summed E-state index contributed by atoms with van der Waals surface area (Å²) in [5.41, 5.74) is 11.0. The van der Waals surface area contributed by atoms with Crippen LogP contribution in [0.5, 0.6) is 0 Å². The molecular formula is C22H28ClN3S. The van der Waals surface area contributed by atoms with E-state index in [1.807, 2.05) is 24.2 Å². The summed E-state index contributed by atoms with van der Waals surface area (Å²) in [4.78, 5) is 9.43. The molecule has 27 heavy (non-hydrogen) atoms. The fourth-order valence-corrected chi connectivity index (χ4v) is 5.89. The summed E-state index contributed by atoms with van der Waals surface area (Å²) in [6, 6.07) is 8.96. The summed E-state index contributed by atoms with van der Waals surface area (Å²) < 4.78 is 0. The minimum absolute atomic E-state index is 0. The molecule has 0 radical (unpaired) electrons. The normalized spacial score (nSPS) is 29.4. The highest BCUT2D eigenvalue weighted by atomic mass is 35.5. The molecule has 1 heterocycles. The number of rotatable bonds is 4. The molecular weight excluding hydrogens is 374 g/mol. The smallest absolute Gasteiger partial charge is 0.114 e. The van der Waals surface area contributed by atoms with Crippen LogP contribution in [0.2, 0.25) is 0 Å². The van der Waals surface area contributed by atoms with Crippen LogP contribution < -0.4 is 5.73 Å². The zero-order valence-corrected chi connectivity index (χ0v) is 17.3. The van der Waals surface area contributed by atoms with Crippen LogP contribution in [-0.4, -0.2) is 15.7 Å². The van der Waals surface area contributed by atoms with E-state index in [4.69, 9.17) is 10.7 Å². The molecule has 5 heteroatoms. The number of hydrogen-bond donors (Lipinski definition) is 1. The Bertz CT molecular complexity index is 782. The van der Waals surface area contributed by atoms with E-state index in [2.05, 4.69) is 29.2 Å². The lowest BCUT2D eigenvalue weighted by atomic mass is 9.66. The van der Waals surface area contributed by atoms with E-state index < -0.39 is 0 Å². The van der Waals surface area contributed by atoms with Crippen LogP contribution in [0.15, 0.2) is 41.7 Å². The number of halogens is 1. The highest BCUT2D eigenvalue weighted by molar-refractivity contribution is 7.99. The van der Waals surface area contributed by atoms with Crippen LogP contribution in [0.3, 0.4) is 0 Å². The standard InChI is InChI=1S/C22H27N3S.ClH/c23-21-18-4-2-1-3-17(18)11-22(21)9-7-16(8-10-22)19-12-25-20(13-24-19)26-14-15-5-6-15;/h1-4,12-13,15-16,21H,5-11,14,23H2;1H. The third-order valence-electron chi connectivity index (χ3n) is 6.80. The summed E-state index contributed by atoms with van der Waals surface area (Å²) in [6.07, 6.45) is 12.7. The van der Waals surface area contributed by atoms with E-state index in [9.17, 15) is 0 Å². The van der Waals surface area contributed by atoms with Gasteiger partial charge in [-0.2, -0.15) is 0 Å². The van der Waals surface area contributed by atoms with Crippen molar-refractivity contribution in [2.45, 2.75) is 61.9 Å². The summed E-state index contributed by atoms with van der Waals surface area (Å²) in [5.74, 6) is 2.68. The maximum Gasteiger partial charge on any atom is 0.114 e. The Labute approximate surface area is 172 Å². The van der Waals surface area contributed by atoms with Gasteiger partial charge >= 0.3 is 0 Å². The Morgan fingerprint density at radius 1 is 1.04 bits per heavy atom. The fraction of sp³-hybridized carbons (Fsp3) is 0.545. The minimum atomic E-state index is 0. The quantitative estimate of drug-likeness (QED) is 0.706. The molecule has 1 spiro atoms. The van der Waals surface area contributed by atoms with Gasteiger partial charge in [0.05, 0.1) is 11.9 Å². The Hall–Kier alpha value is -1.10. The van der Waals surface area contributed by atoms with Crippen LogP contribution >= 0.6 is 24.2 Å². The monoisotopic (exact) mass is 401 g/mol. The van der Waals surface area contributed by atoms with Gasteiger partial charge in [0.25, 0.3) is 0 Å². The summed E-state index contributed by atoms with van der Waals surface area (Å²) in [5, 5.41) is 1.08. The summed E-state index contributed by atoms with van der Waals surface area (Å²) in [6.45, 7) is 0. The van der Waals surface area contributed by atoms with Gasteiger partial charge in [0.1, 0.15) is 5.03 Å². The Morgan fingerprint density at radius 2 is 1.81 bits per heavy atom. The van der Waals surface area contributed by atoms with Gasteiger partial charge in [-0.15, -0.1) is 24.2 Å². The molecule has 0 saturated heterocycles. The zero-order chi connectivity index (χ0) is 17.6. The highest BCUT2D eigenvalue weighted by Gasteiger charge is 2.46. The predicted molar refractivity (Wildman–Crippen MR) is 113 cm³/mol. The highest BCUT2D eigenvalue weighted by Crippen LogP contribution is 2.55. The minimum Gasteiger partial charge on any atom is -0.323 e. The first kappa shape index (κ1) is 19.2. The summed E-state index contributed by atoms with van der Waals surface area (Å²) in [7, 11) is 0. The third kappa shape index (κ3) is 3.76. The predicted octanol–water partition coefficient (Wildman–Crippen LogP) is 5.30. The molecule has 1 aromatic heterocycles. The number of hydrogen-bond acceptors (Lipinski definition) is 4. The van der Waals surface area contributed by atoms with Gasteiger partial charge < -0.3 is 5.73 Å². The second-order valence-corrected chi connectivity index (χ2v) is 9.56. The average molecular weight is 402 g/mol. The molecule has 1 atom stereocenters. The second-order valence-electron chi connectivity index (χ2n) is 8.52. The molecule has 2 fully saturated rings. The van der Waals surface area contributed by atoms with E-state index in [0.717, 1.165) is 17.4 Å². The van der Waals surface area contributed by atoms with Crippen molar-refractivity contribution < 1.29 is 0 Å². The van der Waals surface area contributed by atoms with E-state index >= 15 is 0 Å². The Balaban J connectivity index is 0.00000180. The molecule has 3 nitrogen and oxygen atoms in total. The Morgan fingerprint density at radius 3 is 2.48 bits per heavy atom. The maximum absolute atomic E-state index is 6.69. The first-order valence-corrected chi connectivity index (χ1v) is 11.0. The van der Waals surface area contributed by atoms with Gasteiger partial charge in [-0.25, -0.2) is 4.98 Å². The SMILES string of the molecule is Cl.NC1c2ccccc2CC12CCC(c1cnc(SCC3CC3)cn1)CC2. The maximum atomic E-state index is 6.69. The molecule has 2 N–H and O–H groups in total. The van der Waals surface area contributed by atoms with Crippen molar-refractivity contribution in [3.8, 4) is 0 Å². The van der Waals surface area contributed by atoms with E-state index in [1.54, 1.807) is 0 Å². The zero-order valence-electron chi connectivity index (χ0n) is 15.6. The molecule has 0 aliphatic heterocycles. The molecule has 3 aliphatic carbocycles. The fourth-order valence-electron chi connectivity index (χ4n) is 4.89. The molecule has 3 aliphatic rings. The number of fused-ring (bicyclic) bond motifs is 1. The van der Waals surface area contributed by atoms with Crippen LogP contribution in [-0.2, 0) is 6.42 Å². The van der Waals surface area contributed by atoms with Gasteiger partial charge in [-0.05, 0) is 67.4 Å². The topological polar surface area (TPSA) is 51.8 Å². The molecule has 1 unspecified atom stereocenters. The van der Waals surface area contributed by atoms with Crippen LogP contribution in [0.4, 0.5) is 0 Å². The average Bonchev–Trinajstić information content (AvgIpc) is 3.48. The Kier molecular flexibility index (Phi) is 5.50. The number of nitrogens with two attached hydrogens (primary N) is 1. The van der Waals surface area contributed by atoms with Gasteiger partial charge in [0.2, 0.25) is 0 Å². The first-order valence-electron chi connectivity index (χ1n) is 10.0. The van der Waals surface area contributed by atoms with E-state index in [1.165, 1.54) is 61.1 Å². The number of nitrogens with zero attached hydrogens (tertiary/aromatic N) is 2. The lowest BCUT2D eigenvalue weighted by molar-refractivity contribution is 0.148. The number of thioether (sulfide) groups is 1. The van der Waals surface area contributed by atoms with Crippen LogP contribution in [0.25, 0.3) is 0 Å². The molecule has 144 valence electrons. The van der Waals surface area contributed by atoms with Crippen molar-refractivity contribution in [2.24, 2.45) is 17.1 Å². The van der Waals surface area contributed by atoms with Crippen molar-refractivity contribution >= 4 is 24.2 Å². The van der Waals surface area contributed by atoms with Gasteiger partial charge in [0, 0.05) is 23.9 Å². The van der Waals surface area contributed by atoms with Gasteiger partial charge in [-0.3, -0.25) is 4.98 Å². The molecule has 2 aromatic rings. The molecule has 0 bridgehead atoms. The van der Waals surface area contributed by atoms with Crippen LogP contribution in [0, 0.1) is 11.3 Å². The largest absolute Gasteiger partial charge is 0.323 e. The number of aromatic nitrogens is 2. The number of benzene rings is 1. The summed E-state index contributed by atoms with van der Waals surface area (Å²) >= 11 is 1.86. The van der Waals surface area contributed by atoms with Crippen molar-refractivity contribution in [1.82, 2.24) is 9.97 Å². The molecule has 0 amide bonds. The van der Waals surface area contributed by atoms with Gasteiger partial charge in [0.15, 0.2) is 0 Å². The lowest BCUT2D eigenvalue weighted by Crippen LogP contribution is -2.35. The van der Waals surface area contributed by atoms with Crippen molar-refractivity contribution in [1.29, 1.82) is 0 Å². The van der Waals surface area contributed by atoms with Crippen molar-refractivity contribution in [3.05, 3.63) is 53.5 Å². The first-order chi connectivity index (χ1) is 12.7. The molecule has 5 rings (SSSR count). The van der Waals surface area contributed by atoms with Crippen molar-refractivity contribution in [3.63, 3.8) is 0 Å². The van der Waals surface area contributed by atoms with Crippen molar-refractivity contribution in [2.75, 3.05) is 5.75 Å². The molecule has 1 aromatic carbocycles. The van der Waals surface area contributed by atoms with Crippen LogP contribution in [0.1, 0.15) is 67.3 Å². The van der Waals surface area contributed by atoms with Gasteiger partial charge in [-0.1, -0.05) is 24.3 Å².